The Morgan fingerprint density at radius 3 is 2.30 bits per heavy atom. The fraction of sp³-hybridized carbons (Fsp3) is 0.167. The van der Waals surface area contributed by atoms with Crippen molar-refractivity contribution >= 4 is 10.9 Å². The average Bonchev–Trinajstić information content (AvgIpc) is 2.78. The predicted molar refractivity (Wildman–Crippen MR) is 116 cm³/mol. The van der Waals surface area contributed by atoms with Gasteiger partial charge in [0.2, 0.25) is 0 Å². The van der Waals surface area contributed by atoms with Crippen LogP contribution in [0.4, 0.5) is 0 Å². The maximum Gasteiger partial charge on any atom is 0.266 e. The maximum atomic E-state index is 13.3. The second-order valence-electron chi connectivity index (χ2n) is 6.79. The summed E-state index contributed by atoms with van der Waals surface area (Å²) < 4.78 is 18.2. The lowest BCUT2D eigenvalue weighted by Crippen LogP contribution is -2.22. The normalized spacial score (nSPS) is 10.8. The molecule has 0 spiro atoms. The summed E-state index contributed by atoms with van der Waals surface area (Å²) in [6, 6.07) is 20.6. The monoisotopic (exact) mass is 402 g/mol. The zero-order valence-electron chi connectivity index (χ0n) is 17.1. The molecule has 0 bridgehead atoms. The van der Waals surface area contributed by atoms with Crippen LogP contribution in [0.15, 0.2) is 71.5 Å². The van der Waals surface area contributed by atoms with Crippen molar-refractivity contribution < 1.29 is 14.2 Å². The highest BCUT2D eigenvalue weighted by atomic mass is 16.5. The Bertz CT molecular complexity index is 1230. The van der Waals surface area contributed by atoms with Crippen molar-refractivity contribution in [1.29, 1.82) is 0 Å². The van der Waals surface area contributed by atoms with E-state index >= 15 is 0 Å². The maximum absolute atomic E-state index is 13.3. The first-order chi connectivity index (χ1) is 14.6. The fourth-order valence-corrected chi connectivity index (χ4v) is 3.35. The molecule has 0 unspecified atom stereocenters. The van der Waals surface area contributed by atoms with Crippen molar-refractivity contribution in [2.75, 3.05) is 14.2 Å². The van der Waals surface area contributed by atoms with Gasteiger partial charge in [-0.05, 0) is 42.8 Å². The van der Waals surface area contributed by atoms with Crippen LogP contribution in [-0.2, 0) is 6.61 Å². The Morgan fingerprint density at radius 2 is 1.63 bits per heavy atom. The van der Waals surface area contributed by atoms with Gasteiger partial charge in [0.25, 0.3) is 5.56 Å². The van der Waals surface area contributed by atoms with Crippen LogP contribution in [0, 0.1) is 6.92 Å². The van der Waals surface area contributed by atoms with Gasteiger partial charge in [-0.1, -0.05) is 30.3 Å². The SMILES string of the molecule is COc1ccc(-n2c(C)nc3cc(OCc4ccccc4)c(OC)cc3c2=O)cc1. The molecule has 4 aromatic rings. The molecule has 0 amide bonds. The van der Waals surface area contributed by atoms with Crippen LogP contribution in [0.1, 0.15) is 11.4 Å². The Morgan fingerprint density at radius 1 is 0.900 bits per heavy atom. The zero-order chi connectivity index (χ0) is 21.1. The number of rotatable bonds is 6. The smallest absolute Gasteiger partial charge is 0.266 e. The highest BCUT2D eigenvalue weighted by molar-refractivity contribution is 5.82. The highest BCUT2D eigenvalue weighted by Crippen LogP contribution is 2.31. The van der Waals surface area contributed by atoms with Crippen molar-refractivity contribution in [2.24, 2.45) is 0 Å². The molecule has 0 saturated heterocycles. The van der Waals surface area contributed by atoms with Gasteiger partial charge in [0, 0.05) is 6.07 Å². The molecule has 0 aliphatic rings. The van der Waals surface area contributed by atoms with Crippen LogP contribution in [0.5, 0.6) is 17.2 Å². The molecule has 152 valence electrons. The third-order valence-electron chi connectivity index (χ3n) is 4.89. The van der Waals surface area contributed by atoms with Crippen LogP contribution in [0.3, 0.4) is 0 Å². The topological polar surface area (TPSA) is 62.6 Å². The van der Waals surface area contributed by atoms with E-state index < -0.39 is 0 Å². The van der Waals surface area contributed by atoms with E-state index in [4.69, 9.17) is 14.2 Å². The van der Waals surface area contributed by atoms with Crippen molar-refractivity contribution in [2.45, 2.75) is 13.5 Å². The largest absolute Gasteiger partial charge is 0.497 e. The summed E-state index contributed by atoms with van der Waals surface area (Å²) in [6.45, 7) is 2.20. The molecular weight excluding hydrogens is 380 g/mol. The Balaban J connectivity index is 1.77. The zero-order valence-corrected chi connectivity index (χ0v) is 17.1. The number of aryl methyl sites for hydroxylation is 1. The number of hydrogen-bond acceptors (Lipinski definition) is 5. The Hall–Kier alpha value is -3.80. The second-order valence-corrected chi connectivity index (χ2v) is 6.79. The summed E-state index contributed by atoms with van der Waals surface area (Å²) in [6.07, 6.45) is 0. The summed E-state index contributed by atoms with van der Waals surface area (Å²) in [4.78, 5) is 17.9. The minimum atomic E-state index is -0.171. The summed E-state index contributed by atoms with van der Waals surface area (Å²) in [5, 5.41) is 0.459. The molecule has 6 heteroatoms. The molecule has 0 radical (unpaired) electrons. The molecule has 0 aliphatic carbocycles. The van der Waals surface area contributed by atoms with Crippen LogP contribution < -0.4 is 19.8 Å². The van der Waals surface area contributed by atoms with Crippen molar-refractivity contribution in [3.8, 4) is 22.9 Å². The molecular formula is C24H22N2O4. The van der Waals surface area contributed by atoms with Gasteiger partial charge in [-0.15, -0.1) is 0 Å². The molecule has 0 saturated carbocycles. The van der Waals surface area contributed by atoms with Gasteiger partial charge in [0.1, 0.15) is 18.2 Å². The third kappa shape index (κ3) is 3.72. The molecule has 1 aromatic heterocycles. The van der Waals surface area contributed by atoms with E-state index in [1.165, 1.54) is 0 Å². The summed E-state index contributed by atoms with van der Waals surface area (Å²) in [5.41, 5.74) is 2.15. The van der Waals surface area contributed by atoms with Crippen molar-refractivity contribution in [3.63, 3.8) is 0 Å². The first-order valence-corrected chi connectivity index (χ1v) is 9.53. The van der Waals surface area contributed by atoms with Gasteiger partial charge < -0.3 is 14.2 Å². The van der Waals surface area contributed by atoms with Gasteiger partial charge in [0.15, 0.2) is 11.5 Å². The van der Waals surface area contributed by atoms with Crippen LogP contribution in [0.25, 0.3) is 16.6 Å². The Labute approximate surface area is 174 Å². The molecule has 0 aliphatic heterocycles. The van der Waals surface area contributed by atoms with Gasteiger partial charge in [-0.2, -0.15) is 0 Å². The molecule has 0 N–H and O–H groups in total. The molecule has 30 heavy (non-hydrogen) atoms. The molecule has 6 nitrogen and oxygen atoms in total. The minimum Gasteiger partial charge on any atom is -0.497 e. The summed E-state index contributed by atoms with van der Waals surface area (Å²) in [5.74, 6) is 2.33. The van der Waals surface area contributed by atoms with Gasteiger partial charge in [-0.3, -0.25) is 9.36 Å². The molecule has 0 fully saturated rings. The van der Waals surface area contributed by atoms with Crippen molar-refractivity contribution in [1.82, 2.24) is 9.55 Å². The quantitative estimate of drug-likeness (QED) is 0.481. The van der Waals surface area contributed by atoms with Crippen molar-refractivity contribution in [3.05, 3.63) is 88.5 Å². The number of benzene rings is 3. The number of methoxy groups -OCH3 is 2. The third-order valence-corrected chi connectivity index (χ3v) is 4.89. The molecule has 4 rings (SSSR count). The van der Waals surface area contributed by atoms with E-state index in [0.717, 1.165) is 17.0 Å². The van der Waals surface area contributed by atoms with Gasteiger partial charge >= 0.3 is 0 Å². The minimum absolute atomic E-state index is 0.171. The second kappa shape index (κ2) is 8.29. The molecule has 0 atom stereocenters. The van der Waals surface area contributed by atoms with E-state index in [-0.39, 0.29) is 5.56 Å². The highest BCUT2D eigenvalue weighted by Gasteiger charge is 2.15. The lowest BCUT2D eigenvalue weighted by molar-refractivity contribution is 0.285. The number of fused-ring (bicyclic) bond motifs is 1. The van der Waals surface area contributed by atoms with Gasteiger partial charge in [-0.25, -0.2) is 4.98 Å². The van der Waals surface area contributed by atoms with E-state index in [9.17, 15) is 4.79 Å². The number of nitrogens with zero attached hydrogens (tertiary/aromatic N) is 2. The van der Waals surface area contributed by atoms with Crippen LogP contribution in [0.2, 0.25) is 0 Å². The van der Waals surface area contributed by atoms with E-state index in [0.29, 0.717) is 34.8 Å². The number of aromatic nitrogens is 2. The van der Waals surface area contributed by atoms with E-state index in [1.807, 2.05) is 54.6 Å². The average molecular weight is 402 g/mol. The van der Waals surface area contributed by atoms with E-state index in [1.54, 1.807) is 37.8 Å². The van der Waals surface area contributed by atoms with Gasteiger partial charge in [0.05, 0.1) is 30.8 Å². The number of ether oxygens (including phenoxy) is 3. The van der Waals surface area contributed by atoms with Crippen LogP contribution >= 0.6 is 0 Å². The molecule has 1 heterocycles. The first-order valence-electron chi connectivity index (χ1n) is 9.53. The summed E-state index contributed by atoms with van der Waals surface area (Å²) in [7, 11) is 3.16. The predicted octanol–water partition coefficient (Wildman–Crippen LogP) is 4.29. The van der Waals surface area contributed by atoms with E-state index in [2.05, 4.69) is 4.98 Å². The van der Waals surface area contributed by atoms with Crippen LogP contribution in [-0.4, -0.2) is 23.8 Å². The first kappa shape index (κ1) is 19.5. The lowest BCUT2D eigenvalue weighted by atomic mass is 10.2. The Kier molecular flexibility index (Phi) is 5.39. The summed E-state index contributed by atoms with van der Waals surface area (Å²) >= 11 is 0. The lowest BCUT2D eigenvalue weighted by Gasteiger charge is -2.14. The fourth-order valence-electron chi connectivity index (χ4n) is 3.35. The molecule has 3 aromatic carbocycles. The number of hydrogen-bond donors (Lipinski definition) is 0. The standard InChI is InChI=1S/C24H22N2O4/c1-16-25-21-14-23(30-15-17-7-5-4-6-8-17)22(29-3)13-20(21)24(27)26(16)18-9-11-19(28-2)12-10-18/h4-14H,15H2,1-3H3.